The number of aromatic nitrogens is 2. The summed E-state index contributed by atoms with van der Waals surface area (Å²) in [6.45, 7) is 6.93. The van der Waals surface area contributed by atoms with Gasteiger partial charge in [-0.2, -0.15) is 0 Å². The molecule has 1 aliphatic rings. The first-order valence-corrected chi connectivity index (χ1v) is 8.16. The average molecular weight is 423 g/mol. The maximum atomic E-state index is 5.94. The molecule has 5 nitrogen and oxygen atoms in total. The van der Waals surface area contributed by atoms with Crippen LogP contribution in [0.4, 0.5) is 0 Å². The molecule has 0 amide bonds. The molecule has 120 valence electrons. The first kappa shape index (κ1) is 18.6. The van der Waals surface area contributed by atoms with Gasteiger partial charge in [0.05, 0.1) is 6.54 Å². The number of hydrogen-bond donors (Lipinski definition) is 2. The minimum atomic E-state index is 0. The summed E-state index contributed by atoms with van der Waals surface area (Å²) in [5, 5.41) is 13.7. The van der Waals surface area contributed by atoms with Crippen molar-refractivity contribution in [3.8, 4) is 0 Å². The highest BCUT2D eigenvalue weighted by Crippen LogP contribution is 2.25. The molecule has 0 atom stereocenters. The molecular formula is C14H26IN5S. The van der Waals surface area contributed by atoms with E-state index in [9.17, 15) is 0 Å². The van der Waals surface area contributed by atoms with Gasteiger partial charge in [0.1, 0.15) is 10.0 Å². The molecule has 1 heterocycles. The van der Waals surface area contributed by atoms with Gasteiger partial charge in [0, 0.05) is 11.5 Å². The Balaban J connectivity index is 0.00000220. The van der Waals surface area contributed by atoms with Gasteiger partial charge >= 0.3 is 0 Å². The fourth-order valence-electron chi connectivity index (χ4n) is 2.28. The van der Waals surface area contributed by atoms with Crippen LogP contribution in [0.5, 0.6) is 0 Å². The zero-order valence-electron chi connectivity index (χ0n) is 13.1. The van der Waals surface area contributed by atoms with Crippen LogP contribution in [0.15, 0.2) is 4.99 Å². The second-order valence-electron chi connectivity index (χ2n) is 6.43. The quantitative estimate of drug-likeness (QED) is 0.445. The predicted molar refractivity (Wildman–Crippen MR) is 99.4 cm³/mol. The largest absolute Gasteiger partial charge is 0.370 e. The van der Waals surface area contributed by atoms with Gasteiger partial charge in [-0.05, 0) is 12.8 Å². The van der Waals surface area contributed by atoms with Gasteiger partial charge in [0.2, 0.25) is 0 Å². The Bertz CT molecular complexity index is 460. The summed E-state index contributed by atoms with van der Waals surface area (Å²) in [6.07, 6.45) is 6.31. The smallest absolute Gasteiger partial charge is 0.189 e. The number of halogens is 1. The molecule has 0 bridgehead atoms. The number of rotatable bonds is 3. The lowest BCUT2D eigenvalue weighted by atomic mass is 9.96. The van der Waals surface area contributed by atoms with Crippen LogP contribution in [0.25, 0.3) is 0 Å². The number of hydrogen-bond acceptors (Lipinski definition) is 4. The van der Waals surface area contributed by atoms with E-state index in [1.807, 2.05) is 0 Å². The Labute approximate surface area is 148 Å². The molecule has 0 aliphatic heterocycles. The van der Waals surface area contributed by atoms with Crippen LogP contribution < -0.4 is 11.1 Å². The van der Waals surface area contributed by atoms with E-state index >= 15 is 0 Å². The molecule has 7 heteroatoms. The van der Waals surface area contributed by atoms with Crippen molar-refractivity contribution >= 4 is 41.3 Å². The Morgan fingerprint density at radius 1 is 1.29 bits per heavy atom. The van der Waals surface area contributed by atoms with Gasteiger partial charge in [-0.15, -0.1) is 34.2 Å². The number of nitrogens with one attached hydrogen (secondary N) is 1. The maximum absolute atomic E-state index is 5.94. The third-order valence-electron chi connectivity index (χ3n) is 3.45. The lowest BCUT2D eigenvalue weighted by molar-refractivity contribution is 0.412. The molecular weight excluding hydrogens is 397 g/mol. The van der Waals surface area contributed by atoms with E-state index < -0.39 is 0 Å². The van der Waals surface area contributed by atoms with E-state index in [-0.39, 0.29) is 29.4 Å². The van der Waals surface area contributed by atoms with Gasteiger partial charge in [-0.25, -0.2) is 4.99 Å². The molecule has 0 saturated heterocycles. The molecule has 1 saturated carbocycles. The second kappa shape index (κ2) is 8.26. The summed E-state index contributed by atoms with van der Waals surface area (Å²) in [4.78, 5) is 4.38. The number of nitrogens with zero attached hydrogens (tertiary/aromatic N) is 3. The molecule has 1 aromatic heterocycles. The van der Waals surface area contributed by atoms with E-state index in [2.05, 4.69) is 41.3 Å². The SMILES string of the molecule is CC(C)(C)c1nnc(CN=C(N)NC2CCCCC2)s1.I. The van der Waals surface area contributed by atoms with Gasteiger partial charge in [0.25, 0.3) is 0 Å². The highest BCUT2D eigenvalue weighted by Gasteiger charge is 2.19. The predicted octanol–water partition coefficient (Wildman–Crippen LogP) is 3.19. The number of aliphatic imine (C=N–C) groups is 1. The fraction of sp³-hybridized carbons (Fsp3) is 0.786. The van der Waals surface area contributed by atoms with Crippen molar-refractivity contribution in [3.63, 3.8) is 0 Å². The second-order valence-corrected chi connectivity index (χ2v) is 7.49. The van der Waals surface area contributed by atoms with Crippen molar-refractivity contribution in [2.75, 3.05) is 0 Å². The first-order valence-electron chi connectivity index (χ1n) is 7.34. The van der Waals surface area contributed by atoms with Gasteiger partial charge in [0.15, 0.2) is 5.96 Å². The molecule has 0 unspecified atom stereocenters. The first-order chi connectivity index (χ1) is 9.45. The van der Waals surface area contributed by atoms with Gasteiger partial charge in [-0.1, -0.05) is 51.4 Å². The molecule has 21 heavy (non-hydrogen) atoms. The van der Waals surface area contributed by atoms with Crippen LogP contribution in [0.3, 0.4) is 0 Å². The van der Waals surface area contributed by atoms with E-state index in [0.717, 1.165) is 10.0 Å². The van der Waals surface area contributed by atoms with Crippen LogP contribution in [0.1, 0.15) is 62.9 Å². The van der Waals surface area contributed by atoms with Crippen molar-refractivity contribution in [1.29, 1.82) is 0 Å². The van der Waals surface area contributed by atoms with Crippen LogP contribution in [0, 0.1) is 0 Å². The van der Waals surface area contributed by atoms with E-state index in [1.165, 1.54) is 32.1 Å². The third-order valence-corrected chi connectivity index (χ3v) is 4.78. The van der Waals surface area contributed by atoms with Crippen LogP contribution >= 0.6 is 35.3 Å². The van der Waals surface area contributed by atoms with Crippen molar-refractivity contribution in [3.05, 3.63) is 10.0 Å². The Kier molecular flexibility index (Phi) is 7.32. The molecule has 0 radical (unpaired) electrons. The number of guanidine groups is 1. The van der Waals surface area contributed by atoms with E-state index in [4.69, 9.17) is 5.73 Å². The highest BCUT2D eigenvalue weighted by molar-refractivity contribution is 14.0. The van der Waals surface area contributed by atoms with Crippen molar-refractivity contribution in [2.24, 2.45) is 10.7 Å². The standard InChI is InChI=1S/C14H25N5S.HI/c1-14(2,3)12-19-18-11(20-12)9-16-13(15)17-10-7-5-4-6-8-10;/h10H,4-9H2,1-3H3,(H3,15,16,17);1H. The van der Waals surface area contributed by atoms with E-state index in [1.54, 1.807) is 11.3 Å². The Morgan fingerprint density at radius 3 is 2.52 bits per heavy atom. The highest BCUT2D eigenvalue weighted by atomic mass is 127. The van der Waals surface area contributed by atoms with Gasteiger partial charge < -0.3 is 11.1 Å². The molecule has 3 N–H and O–H groups in total. The zero-order valence-corrected chi connectivity index (χ0v) is 16.2. The number of nitrogens with two attached hydrogens (primary N) is 1. The monoisotopic (exact) mass is 423 g/mol. The topological polar surface area (TPSA) is 76.2 Å². The minimum absolute atomic E-state index is 0. The minimum Gasteiger partial charge on any atom is -0.370 e. The lowest BCUT2D eigenvalue weighted by Crippen LogP contribution is -2.41. The molecule has 1 fully saturated rings. The average Bonchev–Trinajstić information content (AvgIpc) is 2.86. The summed E-state index contributed by atoms with van der Waals surface area (Å²) in [6, 6.07) is 0.493. The summed E-state index contributed by atoms with van der Waals surface area (Å²) in [7, 11) is 0. The summed E-state index contributed by atoms with van der Waals surface area (Å²) in [5.41, 5.74) is 5.99. The third kappa shape index (κ3) is 6.06. The van der Waals surface area contributed by atoms with Crippen LogP contribution in [-0.2, 0) is 12.0 Å². The Hall–Kier alpha value is -0.440. The normalized spacial score (nSPS) is 17.4. The lowest BCUT2D eigenvalue weighted by Gasteiger charge is -2.23. The van der Waals surface area contributed by atoms with E-state index in [0.29, 0.717) is 18.5 Å². The summed E-state index contributed by atoms with van der Waals surface area (Å²) >= 11 is 1.62. The Morgan fingerprint density at radius 2 is 1.95 bits per heavy atom. The molecule has 0 spiro atoms. The molecule has 2 rings (SSSR count). The van der Waals surface area contributed by atoms with Crippen molar-refractivity contribution < 1.29 is 0 Å². The fourth-order valence-corrected chi connectivity index (χ4v) is 3.10. The molecule has 1 aromatic rings. The van der Waals surface area contributed by atoms with Crippen LogP contribution in [0.2, 0.25) is 0 Å². The van der Waals surface area contributed by atoms with Gasteiger partial charge in [-0.3, -0.25) is 0 Å². The summed E-state index contributed by atoms with van der Waals surface area (Å²) in [5.74, 6) is 0.532. The zero-order chi connectivity index (χ0) is 14.6. The van der Waals surface area contributed by atoms with Crippen molar-refractivity contribution in [2.45, 2.75) is 70.9 Å². The molecule has 1 aliphatic carbocycles. The summed E-state index contributed by atoms with van der Waals surface area (Å²) < 4.78 is 0. The maximum Gasteiger partial charge on any atom is 0.189 e. The van der Waals surface area contributed by atoms with Crippen molar-refractivity contribution in [1.82, 2.24) is 15.5 Å². The molecule has 0 aromatic carbocycles. The van der Waals surface area contributed by atoms with Crippen LogP contribution in [-0.4, -0.2) is 22.2 Å².